The first-order valence-corrected chi connectivity index (χ1v) is 9.08. The molecule has 0 saturated carbocycles. The Labute approximate surface area is 152 Å². The van der Waals surface area contributed by atoms with E-state index < -0.39 is 0 Å². The summed E-state index contributed by atoms with van der Waals surface area (Å²) >= 11 is 0. The van der Waals surface area contributed by atoms with E-state index in [9.17, 15) is 4.79 Å². The molecule has 4 heterocycles. The molecule has 0 N–H and O–H groups in total. The molecule has 1 atom stereocenters. The summed E-state index contributed by atoms with van der Waals surface area (Å²) in [5.41, 5.74) is 0.936. The van der Waals surface area contributed by atoms with Gasteiger partial charge in [0, 0.05) is 36.7 Å². The molecule has 5 rings (SSSR count). The number of nitrogens with zero attached hydrogens (tertiary/aromatic N) is 2. The van der Waals surface area contributed by atoms with Gasteiger partial charge in [-0.3, -0.25) is 9.69 Å². The van der Waals surface area contributed by atoms with Crippen LogP contribution in [0.3, 0.4) is 0 Å². The van der Waals surface area contributed by atoms with E-state index in [1.165, 1.54) is 0 Å². The maximum absolute atomic E-state index is 12.7. The molecular formula is C20H22N2O4. The van der Waals surface area contributed by atoms with Crippen LogP contribution in [0.15, 0.2) is 34.7 Å². The number of benzene rings is 1. The number of hydrogen-bond donors (Lipinski definition) is 0. The summed E-state index contributed by atoms with van der Waals surface area (Å²) in [7, 11) is 0. The van der Waals surface area contributed by atoms with E-state index in [0.29, 0.717) is 6.42 Å². The number of carbonyl (C=O) groups excluding carboxylic acids is 1. The van der Waals surface area contributed by atoms with Crippen molar-refractivity contribution in [2.24, 2.45) is 5.41 Å². The second kappa shape index (κ2) is 5.77. The highest BCUT2D eigenvalue weighted by atomic mass is 16.7. The number of rotatable bonds is 3. The number of likely N-dealkylation sites (tertiary alicyclic amines) is 1. The van der Waals surface area contributed by atoms with E-state index in [0.717, 1.165) is 61.3 Å². The van der Waals surface area contributed by atoms with Gasteiger partial charge in [0.1, 0.15) is 11.5 Å². The lowest BCUT2D eigenvalue weighted by molar-refractivity contribution is -0.117. The van der Waals surface area contributed by atoms with E-state index in [2.05, 4.69) is 4.90 Å². The van der Waals surface area contributed by atoms with Crippen LogP contribution in [0, 0.1) is 12.3 Å². The van der Waals surface area contributed by atoms with Crippen LogP contribution in [0.25, 0.3) is 0 Å². The van der Waals surface area contributed by atoms with Crippen LogP contribution >= 0.6 is 0 Å². The van der Waals surface area contributed by atoms with Crippen molar-refractivity contribution in [3.63, 3.8) is 0 Å². The fourth-order valence-corrected chi connectivity index (χ4v) is 4.41. The average Bonchev–Trinajstić information content (AvgIpc) is 3.37. The Kier molecular flexibility index (Phi) is 3.50. The maximum atomic E-state index is 12.7. The quantitative estimate of drug-likeness (QED) is 0.848. The van der Waals surface area contributed by atoms with Gasteiger partial charge in [-0.25, -0.2) is 0 Å². The number of ether oxygens (including phenoxy) is 2. The van der Waals surface area contributed by atoms with Crippen molar-refractivity contribution in [3.05, 3.63) is 41.9 Å². The normalized spacial score (nSPS) is 25.0. The third kappa shape index (κ3) is 2.65. The van der Waals surface area contributed by atoms with Gasteiger partial charge in [0.2, 0.25) is 12.7 Å². The molecule has 3 aliphatic heterocycles. The van der Waals surface area contributed by atoms with E-state index in [4.69, 9.17) is 13.9 Å². The second-order valence-corrected chi connectivity index (χ2v) is 7.67. The molecule has 0 bridgehead atoms. The molecule has 1 aromatic heterocycles. The van der Waals surface area contributed by atoms with Gasteiger partial charge in [-0.15, -0.1) is 0 Å². The van der Waals surface area contributed by atoms with E-state index in [1.54, 1.807) is 0 Å². The number of amides is 1. The third-order valence-electron chi connectivity index (χ3n) is 5.68. The molecule has 1 unspecified atom stereocenters. The van der Waals surface area contributed by atoms with Crippen molar-refractivity contribution < 1.29 is 18.7 Å². The lowest BCUT2D eigenvalue weighted by Crippen LogP contribution is -2.31. The monoisotopic (exact) mass is 354 g/mol. The minimum atomic E-state index is 0.0368. The second-order valence-electron chi connectivity index (χ2n) is 7.67. The minimum Gasteiger partial charge on any atom is -0.465 e. The molecule has 3 aliphatic rings. The van der Waals surface area contributed by atoms with Gasteiger partial charge in [0.25, 0.3) is 0 Å². The first-order chi connectivity index (χ1) is 12.6. The number of fused-ring (bicyclic) bond motifs is 1. The van der Waals surface area contributed by atoms with E-state index in [-0.39, 0.29) is 18.1 Å². The summed E-state index contributed by atoms with van der Waals surface area (Å²) in [5, 5.41) is 0. The first kappa shape index (κ1) is 15.8. The zero-order chi connectivity index (χ0) is 17.7. The molecule has 1 aromatic carbocycles. The predicted molar refractivity (Wildman–Crippen MR) is 95.3 cm³/mol. The molecule has 2 saturated heterocycles. The van der Waals surface area contributed by atoms with Gasteiger partial charge in [0.05, 0.1) is 6.54 Å². The van der Waals surface area contributed by atoms with Crippen molar-refractivity contribution >= 4 is 11.6 Å². The van der Waals surface area contributed by atoms with Crippen molar-refractivity contribution in [1.82, 2.24) is 4.90 Å². The van der Waals surface area contributed by atoms with Crippen LogP contribution in [0.2, 0.25) is 0 Å². The smallest absolute Gasteiger partial charge is 0.231 e. The summed E-state index contributed by atoms with van der Waals surface area (Å²) in [6, 6.07) is 9.79. The van der Waals surface area contributed by atoms with Crippen LogP contribution in [-0.4, -0.2) is 37.2 Å². The zero-order valence-corrected chi connectivity index (χ0v) is 14.9. The molecule has 2 aromatic rings. The number of anilines is 1. The van der Waals surface area contributed by atoms with Crippen molar-refractivity contribution in [1.29, 1.82) is 0 Å². The molecule has 26 heavy (non-hydrogen) atoms. The molecule has 6 heteroatoms. The highest BCUT2D eigenvalue weighted by Gasteiger charge is 2.47. The third-order valence-corrected chi connectivity index (χ3v) is 5.68. The lowest BCUT2D eigenvalue weighted by atomic mass is 9.86. The Bertz CT molecular complexity index is 861. The Morgan fingerprint density at radius 3 is 2.85 bits per heavy atom. The van der Waals surface area contributed by atoms with E-state index in [1.807, 2.05) is 42.2 Å². The summed E-state index contributed by atoms with van der Waals surface area (Å²) in [5.74, 6) is 3.60. The van der Waals surface area contributed by atoms with Gasteiger partial charge in [-0.2, -0.15) is 0 Å². The van der Waals surface area contributed by atoms with Gasteiger partial charge in [-0.1, -0.05) is 0 Å². The predicted octanol–water partition coefficient (Wildman–Crippen LogP) is 2.95. The Balaban J connectivity index is 1.30. The SMILES string of the molecule is Cc1ccc(CN2CCC3(CC(=O)N(c4ccc5c(c4)OCO5)C3)C2)o1. The summed E-state index contributed by atoms with van der Waals surface area (Å²) in [6.07, 6.45) is 1.65. The Hall–Kier alpha value is -2.47. The highest BCUT2D eigenvalue weighted by molar-refractivity contribution is 5.96. The minimum absolute atomic E-state index is 0.0368. The molecule has 1 amide bonds. The summed E-state index contributed by atoms with van der Waals surface area (Å²) < 4.78 is 16.5. The fourth-order valence-electron chi connectivity index (χ4n) is 4.41. The van der Waals surface area contributed by atoms with Crippen molar-refractivity contribution in [3.8, 4) is 11.5 Å². The van der Waals surface area contributed by atoms with Crippen LogP contribution in [-0.2, 0) is 11.3 Å². The highest BCUT2D eigenvalue weighted by Crippen LogP contribution is 2.44. The average molecular weight is 354 g/mol. The number of hydrogen-bond acceptors (Lipinski definition) is 5. The number of furan rings is 1. The topological polar surface area (TPSA) is 55.2 Å². The zero-order valence-electron chi connectivity index (χ0n) is 14.9. The van der Waals surface area contributed by atoms with Gasteiger partial charge in [0.15, 0.2) is 11.5 Å². The molecule has 1 spiro atoms. The molecule has 136 valence electrons. The van der Waals surface area contributed by atoms with E-state index >= 15 is 0 Å². The van der Waals surface area contributed by atoms with Crippen LogP contribution in [0.1, 0.15) is 24.4 Å². The summed E-state index contributed by atoms with van der Waals surface area (Å²) in [6.45, 7) is 5.72. The Morgan fingerprint density at radius 2 is 2.00 bits per heavy atom. The van der Waals surface area contributed by atoms with Crippen molar-refractivity contribution in [2.45, 2.75) is 26.3 Å². The molecule has 6 nitrogen and oxygen atoms in total. The number of aryl methyl sites for hydroxylation is 1. The molecule has 0 aliphatic carbocycles. The van der Waals surface area contributed by atoms with Crippen molar-refractivity contribution in [2.75, 3.05) is 31.3 Å². The van der Waals surface area contributed by atoms with Gasteiger partial charge >= 0.3 is 0 Å². The standard InChI is InChI=1S/C20H22N2O4/c1-14-2-4-16(26-14)10-21-7-6-20(11-21)9-19(23)22(12-20)15-3-5-17-18(8-15)25-13-24-17/h2-5,8H,6-7,9-13H2,1H3. The maximum Gasteiger partial charge on any atom is 0.231 e. The molecular weight excluding hydrogens is 332 g/mol. The van der Waals surface area contributed by atoms with Crippen LogP contribution < -0.4 is 14.4 Å². The molecule has 0 radical (unpaired) electrons. The first-order valence-electron chi connectivity index (χ1n) is 9.08. The lowest BCUT2D eigenvalue weighted by Gasteiger charge is -2.24. The largest absolute Gasteiger partial charge is 0.465 e. The summed E-state index contributed by atoms with van der Waals surface area (Å²) in [4.78, 5) is 17.0. The Morgan fingerprint density at radius 1 is 1.12 bits per heavy atom. The van der Waals surface area contributed by atoms with Crippen LogP contribution in [0.5, 0.6) is 11.5 Å². The van der Waals surface area contributed by atoms with Gasteiger partial charge < -0.3 is 18.8 Å². The molecule has 2 fully saturated rings. The fraction of sp³-hybridized carbons (Fsp3) is 0.450. The number of carbonyl (C=O) groups is 1. The van der Waals surface area contributed by atoms with Crippen LogP contribution in [0.4, 0.5) is 5.69 Å². The van der Waals surface area contributed by atoms with Gasteiger partial charge in [-0.05, 0) is 44.2 Å².